The molecule has 1 aliphatic rings. The number of nitrogens with zero attached hydrogens (tertiary/aromatic N) is 1. The maximum Gasteiger partial charge on any atom is 0.311 e. The van der Waals surface area contributed by atoms with Crippen molar-refractivity contribution in [1.82, 2.24) is 0 Å². The molecule has 0 radical (unpaired) electrons. The van der Waals surface area contributed by atoms with Crippen molar-refractivity contribution in [3.63, 3.8) is 0 Å². The molecule has 1 fully saturated rings. The number of thiophene rings is 1. The van der Waals surface area contributed by atoms with Gasteiger partial charge in [0, 0.05) is 24.2 Å². The normalized spacial score (nSPS) is 15.1. The van der Waals surface area contributed by atoms with Crippen molar-refractivity contribution < 1.29 is 23.9 Å². The van der Waals surface area contributed by atoms with Crippen molar-refractivity contribution in [2.75, 3.05) is 18.1 Å². The second-order valence-electron chi connectivity index (χ2n) is 8.37. The number of ether oxygens (including phenoxy) is 2. The van der Waals surface area contributed by atoms with Crippen molar-refractivity contribution in [2.24, 2.45) is 5.92 Å². The van der Waals surface area contributed by atoms with Gasteiger partial charge in [0.15, 0.2) is 6.61 Å². The highest BCUT2D eigenvalue weighted by molar-refractivity contribution is 7.12. The van der Waals surface area contributed by atoms with E-state index in [9.17, 15) is 14.4 Å². The number of para-hydroxylation sites is 1. The number of anilines is 1. The number of amides is 1. The molecule has 0 saturated carbocycles. The first-order valence-electron chi connectivity index (χ1n) is 11.5. The minimum absolute atomic E-state index is 0.0503. The summed E-state index contributed by atoms with van der Waals surface area (Å²) in [6, 6.07) is 28.5. The van der Waals surface area contributed by atoms with Crippen LogP contribution < -0.4 is 9.64 Å². The maximum atomic E-state index is 12.6. The third kappa shape index (κ3) is 5.21. The first-order chi connectivity index (χ1) is 17.6. The predicted octanol–water partition coefficient (Wildman–Crippen LogP) is 5.99. The molecule has 2 heterocycles. The van der Waals surface area contributed by atoms with Crippen LogP contribution in [0.3, 0.4) is 0 Å². The van der Waals surface area contributed by atoms with Gasteiger partial charge in [-0.3, -0.25) is 14.4 Å². The Labute approximate surface area is 212 Å². The van der Waals surface area contributed by atoms with Gasteiger partial charge < -0.3 is 14.4 Å². The van der Waals surface area contributed by atoms with E-state index in [2.05, 4.69) is 0 Å². The van der Waals surface area contributed by atoms with Crippen LogP contribution in [0.1, 0.15) is 16.1 Å². The summed E-state index contributed by atoms with van der Waals surface area (Å²) >= 11 is 1.30. The number of hydrogen-bond acceptors (Lipinski definition) is 6. The summed E-state index contributed by atoms with van der Waals surface area (Å²) in [5.41, 5.74) is 2.71. The van der Waals surface area contributed by atoms with E-state index in [0.29, 0.717) is 16.3 Å². The van der Waals surface area contributed by atoms with Gasteiger partial charge in [0.1, 0.15) is 11.5 Å². The number of hydrogen-bond donors (Lipinski definition) is 0. The molecule has 5 rings (SSSR count). The summed E-state index contributed by atoms with van der Waals surface area (Å²) in [4.78, 5) is 39.3. The fourth-order valence-corrected chi connectivity index (χ4v) is 4.76. The molecule has 180 valence electrons. The van der Waals surface area contributed by atoms with E-state index in [4.69, 9.17) is 9.47 Å². The zero-order valence-corrected chi connectivity index (χ0v) is 20.1. The molecule has 0 spiro atoms. The fraction of sp³-hybridized carbons (Fsp3) is 0.138. The Hall–Kier alpha value is -4.23. The Morgan fingerprint density at radius 2 is 1.64 bits per heavy atom. The maximum absolute atomic E-state index is 12.6. The lowest BCUT2D eigenvalue weighted by Crippen LogP contribution is -2.27. The molecule has 0 unspecified atom stereocenters. The first-order valence-corrected chi connectivity index (χ1v) is 12.4. The molecule has 1 saturated heterocycles. The number of benzene rings is 3. The molecular weight excluding hydrogens is 474 g/mol. The number of carbonyl (C=O) groups is 3. The first kappa shape index (κ1) is 23.5. The summed E-state index contributed by atoms with van der Waals surface area (Å²) in [6.45, 7) is -0.109. The van der Waals surface area contributed by atoms with E-state index in [0.717, 1.165) is 16.9 Å². The summed E-state index contributed by atoms with van der Waals surface area (Å²) < 4.78 is 11.3. The molecular formula is C29H23NO5S. The fourth-order valence-electron chi connectivity index (χ4n) is 4.11. The monoisotopic (exact) mass is 497 g/mol. The van der Waals surface area contributed by atoms with E-state index >= 15 is 0 Å². The van der Waals surface area contributed by atoms with Crippen LogP contribution in [0.15, 0.2) is 96.4 Å². The summed E-state index contributed by atoms with van der Waals surface area (Å²) in [5, 5.41) is 1.79. The lowest BCUT2D eigenvalue weighted by Gasteiger charge is -2.17. The highest BCUT2D eigenvalue weighted by Gasteiger charge is 2.36. The van der Waals surface area contributed by atoms with Gasteiger partial charge in [-0.15, -0.1) is 11.3 Å². The lowest BCUT2D eigenvalue weighted by atomic mass is 10.0. The SMILES string of the molecule is O=C(COC(=O)[C@@H]1CC(=O)N(c2ccc(Oc3ccccc3-c3ccccc3)cc2)C1)c1cccs1. The van der Waals surface area contributed by atoms with Gasteiger partial charge in [0.25, 0.3) is 0 Å². The minimum atomic E-state index is -0.609. The highest BCUT2D eigenvalue weighted by Crippen LogP contribution is 2.34. The predicted molar refractivity (Wildman–Crippen MR) is 138 cm³/mol. The molecule has 0 bridgehead atoms. The molecule has 0 N–H and O–H groups in total. The van der Waals surface area contributed by atoms with Crippen molar-refractivity contribution in [2.45, 2.75) is 6.42 Å². The molecule has 1 aromatic heterocycles. The van der Waals surface area contributed by atoms with Crippen LogP contribution in [0.4, 0.5) is 5.69 Å². The van der Waals surface area contributed by atoms with Crippen molar-refractivity contribution in [3.05, 3.63) is 101 Å². The Morgan fingerprint density at radius 1 is 0.889 bits per heavy atom. The van der Waals surface area contributed by atoms with Gasteiger partial charge in [0.2, 0.25) is 11.7 Å². The minimum Gasteiger partial charge on any atom is -0.457 e. The molecule has 3 aromatic carbocycles. The number of rotatable bonds is 8. The van der Waals surface area contributed by atoms with Crippen LogP contribution in [0.25, 0.3) is 11.1 Å². The molecule has 0 aliphatic carbocycles. The molecule has 4 aromatic rings. The van der Waals surface area contributed by atoms with Crippen LogP contribution >= 0.6 is 11.3 Å². The van der Waals surface area contributed by atoms with Crippen molar-refractivity contribution in [1.29, 1.82) is 0 Å². The average Bonchev–Trinajstić information content (AvgIpc) is 3.59. The van der Waals surface area contributed by atoms with Gasteiger partial charge in [-0.05, 0) is 47.3 Å². The number of carbonyl (C=O) groups excluding carboxylic acids is 3. The third-order valence-corrected chi connectivity index (χ3v) is 6.86. The quantitative estimate of drug-likeness (QED) is 0.221. The van der Waals surface area contributed by atoms with Crippen LogP contribution in [0, 0.1) is 5.92 Å². The summed E-state index contributed by atoms with van der Waals surface area (Å²) in [7, 11) is 0. The van der Waals surface area contributed by atoms with Gasteiger partial charge in [0.05, 0.1) is 10.8 Å². The van der Waals surface area contributed by atoms with E-state index in [1.807, 2.05) is 54.6 Å². The topological polar surface area (TPSA) is 72.9 Å². The van der Waals surface area contributed by atoms with Gasteiger partial charge in [-0.25, -0.2) is 0 Å². The molecule has 1 amide bonds. The Bertz CT molecular complexity index is 1370. The highest BCUT2D eigenvalue weighted by atomic mass is 32.1. The summed E-state index contributed by atoms with van der Waals surface area (Å²) in [6.07, 6.45) is 0.0503. The Kier molecular flexibility index (Phi) is 6.91. The van der Waals surface area contributed by atoms with Crippen LogP contribution in [-0.2, 0) is 14.3 Å². The van der Waals surface area contributed by atoms with E-state index in [1.54, 1.807) is 46.7 Å². The second kappa shape index (κ2) is 10.6. The Balaban J connectivity index is 1.22. The summed E-state index contributed by atoms with van der Waals surface area (Å²) in [5.74, 6) is -0.186. The zero-order chi connectivity index (χ0) is 24.9. The number of ketones is 1. The van der Waals surface area contributed by atoms with Crippen LogP contribution in [0.2, 0.25) is 0 Å². The number of esters is 1. The molecule has 7 heteroatoms. The van der Waals surface area contributed by atoms with Crippen molar-refractivity contribution in [3.8, 4) is 22.6 Å². The standard InChI is InChI=1S/C29H23NO5S/c31-25(27-11-6-16-36-27)19-34-29(33)21-17-28(32)30(18-21)22-12-14-23(15-13-22)35-26-10-5-4-9-24(26)20-7-2-1-3-8-20/h1-16,21H,17-19H2/t21-/m1/s1. The smallest absolute Gasteiger partial charge is 0.311 e. The van der Waals surface area contributed by atoms with Gasteiger partial charge in [-0.2, -0.15) is 0 Å². The van der Waals surface area contributed by atoms with Crippen LogP contribution in [-0.4, -0.2) is 30.8 Å². The largest absolute Gasteiger partial charge is 0.457 e. The van der Waals surface area contributed by atoms with Crippen molar-refractivity contribution >= 4 is 34.7 Å². The zero-order valence-electron chi connectivity index (χ0n) is 19.3. The Morgan fingerprint density at radius 3 is 2.39 bits per heavy atom. The molecule has 1 aliphatic heterocycles. The second-order valence-corrected chi connectivity index (χ2v) is 9.32. The van der Waals surface area contributed by atoms with Gasteiger partial charge in [-0.1, -0.05) is 54.6 Å². The van der Waals surface area contributed by atoms with E-state index in [1.165, 1.54) is 11.3 Å². The molecule has 6 nitrogen and oxygen atoms in total. The average molecular weight is 498 g/mol. The van der Waals surface area contributed by atoms with Gasteiger partial charge >= 0.3 is 5.97 Å². The van der Waals surface area contributed by atoms with E-state index < -0.39 is 11.9 Å². The molecule has 1 atom stereocenters. The van der Waals surface area contributed by atoms with E-state index in [-0.39, 0.29) is 31.3 Å². The number of Topliss-reactive ketones (excluding diaryl/α,β-unsaturated/α-hetero) is 1. The molecule has 36 heavy (non-hydrogen) atoms. The third-order valence-electron chi connectivity index (χ3n) is 5.95. The van der Waals surface area contributed by atoms with Crippen LogP contribution in [0.5, 0.6) is 11.5 Å². The lowest BCUT2D eigenvalue weighted by molar-refractivity contribution is -0.147.